The van der Waals surface area contributed by atoms with E-state index in [1.807, 2.05) is 27.7 Å². The molecule has 0 radical (unpaired) electrons. The Balaban J connectivity index is 1.99. The maximum Gasteiger partial charge on any atom is 0.328 e. The van der Waals surface area contributed by atoms with Crippen molar-refractivity contribution in [1.29, 1.82) is 0 Å². The van der Waals surface area contributed by atoms with Crippen LogP contribution in [0.2, 0.25) is 0 Å². The third kappa shape index (κ3) is 7.11. The molecule has 188 valence electrons. The Kier molecular flexibility index (Phi) is 8.61. The molecule has 0 aromatic carbocycles. The number of aliphatic carboxylic acids is 1. The molecule has 3 N–H and O–H groups in total. The molecule has 0 saturated heterocycles. The molecular formula is C26H38N2O6. The second-order valence-electron chi connectivity index (χ2n) is 11.1. The van der Waals surface area contributed by atoms with Crippen LogP contribution in [-0.4, -0.2) is 56.9 Å². The van der Waals surface area contributed by atoms with Crippen LogP contribution in [0.15, 0.2) is 32.6 Å². The van der Waals surface area contributed by atoms with Gasteiger partial charge in [-0.25, -0.2) is 4.79 Å². The van der Waals surface area contributed by atoms with E-state index in [4.69, 9.17) is 0 Å². The minimum atomic E-state index is -1.09. The predicted molar refractivity (Wildman–Crippen MR) is 132 cm³/mol. The van der Waals surface area contributed by atoms with Gasteiger partial charge in [0.1, 0.15) is 17.6 Å². The summed E-state index contributed by atoms with van der Waals surface area (Å²) in [5, 5.41) is 30.2. The number of allylic oxidation sites excluding steroid dienone is 4. The van der Waals surface area contributed by atoms with E-state index in [9.17, 15) is 29.7 Å². The van der Waals surface area contributed by atoms with Gasteiger partial charge < -0.3 is 15.3 Å². The Labute approximate surface area is 201 Å². The van der Waals surface area contributed by atoms with Gasteiger partial charge in [0, 0.05) is 43.7 Å². The number of carbonyl (C=O) groups excluding carboxylic acids is 2. The number of nitrogens with zero attached hydrogens (tertiary/aromatic N) is 2. The number of aliphatic hydroxyl groups is 2. The van der Waals surface area contributed by atoms with Crippen LogP contribution >= 0.6 is 0 Å². The molecule has 2 rings (SSSR count). The lowest BCUT2D eigenvalue weighted by atomic mass is 9.75. The standard InChI is InChI=1S/C26H38N2O6/c1-15(22-18(29)11-25(3,4)12-19(22)30)27-10-8-7-9-17(24(33)34)28-16(2)23-20(31)13-26(5,6)14-21(23)32/h17,29,31H,7-14H2,1-6H3,(H,33,34)/t17-/m0/s1. The lowest BCUT2D eigenvalue weighted by Gasteiger charge is -2.29. The molecule has 0 unspecified atom stereocenters. The number of carboxylic acid groups (broad SMARTS) is 1. The number of unbranched alkanes of at least 4 members (excludes halogenated alkanes) is 1. The molecule has 8 nitrogen and oxygen atoms in total. The summed E-state index contributed by atoms with van der Waals surface area (Å²) >= 11 is 0. The normalized spacial score (nSPS) is 22.3. The number of aliphatic imine (C=N–C) groups is 2. The molecule has 34 heavy (non-hydrogen) atoms. The number of carbonyl (C=O) groups is 3. The van der Waals surface area contributed by atoms with Crippen LogP contribution in [0.3, 0.4) is 0 Å². The van der Waals surface area contributed by atoms with Crippen LogP contribution in [0.25, 0.3) is 0 Å². The smallest absolute Gasteiger partial charge is 0.328 e. The van der Waals surface area contributed by atoms with Crippen molar-refractivity contribution in [2.75, 3.05) is 6.54 Å². The quantitative estimate of drug-likeness (QED) is 0.320. The monoisotopic (exact) mass is 474 g/mol. The van der Waals surface area contributed by atoms with Crippen molar-refractivity contribution in [3.05, 3.63) is 22.7 Å². The molecule has 2 aliphatic carbocycles. The van der Waals surface area contributed by atoms with Crippen molar-refractivity contribution in [2.45, 2.75) is 92.5 Å². The molecule has 0 spiro atoms. The number of aliphatic hydroxyl groups excluding tert-OH is 2. The Morgan fingerprint density at radius 3 is 1.76 bits per heavy atom. The minimum Gasteiger partial charge on any atom is -0.511 e. The lowest BCUT2D eigenvalue weighted by Crippen LogP contribution is -2.29. The van der Waals surface area contributed by atoms with Gasteiger partial charge in [0.15, 0.2) is 11.6 Å². The van der Waals surface area contributed by atoms with E-state index in [-0.39, 0.29) is 58.0 Å². The second-order valence-corrected chi connectivity index (χ2v) is 11.1. The molecule has 0 saturated carbocycles. The van der Waals surface area contributed by atoms with Crippen LogP contribution in [-0.2, 0) is 14.4 Å². The zero-order valence-corrected chi connectivity index (χ0v) is 21.2. The maximum absolute atomic E-state index is 12.5. The molecule has 2 aliphatic rings. The van der Waals surface area contributed by atoms with E-state index >= 15 is 0 Å². The molecular weight excluding hydrogens is 436 g/mol. The predicted octanol–water partition coefficient (Wildman–Crippen LogP) is 4.93. The van der Waals surface area contributed by atoms with Gasteiger partial charge in [0.25, 0.3) is 0 Å². The molecule has 0 bridgehead atoms. The fourth-order valence-corrected chi connectivity index (χ4v) is 4.71. The summed E-state index contributed by atoms with van der Waals surface area (Å²) < 4.78 is 0. The third-order valence-corrected chi connectivity index (χ3v) is 6.30. The Morgan fingerprint density at radius 1 is 0.853 bits per heavy atom. The highest BCUT2D eigenvalue weighted by Gasteiger charge is 2.35. The highest BCUT2D eigenvalue weighted by Crippen LogP contribution is 2.37. The van der Waals surface area contributed by atoms with Gasteiger partial charge in [-0.05, 0) is 43.9 Å². The summed E-state index contributed by atoms with van der Waals surface area (Å²) in [4.78, 5) is 45.3. The van der Waals surface area contributed by atoms with Crippen LogP contribution in [0.1, 0.15) is 86.5 Å². The fourth-order valence-electron chi connectivity index (χ4n) is 4.71. The van der Waals surface area contributed by atoms with Crippen molar-refractivity contribution >= 4 is 29.0 Å². The van der Waals surface area contributed by atoms with E-state index in [2.05, 4.69) is 9.98 Å². The average Bonchev–Trinajstić information content (AvgIpc) is 2.63. The molecule has 0 aromatic heterocycles. The number of ketones is 2. The Bertz CT molecular complexity index is 981. The largest absolute Gasteiger partial charge is 0.511 e. The highest BCUT2D eigenvalue weighted by molar-refractivity contribution is 6.23. The van der Waals surface area contributed by atoms with Crippen molar-refractivity contribution < 1.29 is 29.7 Å². The Hall–Kier alpha value is -2.77. The van der Waals surface area contributed by atoms with E-state index in [0.717, 1.165) is 0 Å². The summed E-state index contributed by atoms with van der Waals surface area (Å²) in [5.41, 5.74) is 0.598. The zero-order valence-electron chi connectivity index (χ0n) is 21.2. The highest BCUT2D eigenvalue weighted by atomic mass is 16.4. The molecule has 0 aromatic rings. The molecule has 0 fully saturated rings. The average molecular weight is 475 g/mol. The van der Waals surface area contributed by atoms with Gasteiger partial charge >= 0.3 is 5.97 Å². The number of carboxylic acids is 1. The van der Waals surface area contributed by atoms with E-state index in [1.54, 1.807) is 13.8 Å². The van der Waals surface area contributed by atoms with Crippen LogP contribution in [0.5, 0.6) is 0 Å². The van der Waals surface area contributed by atoms with Gasteiger partial charge in [0.2, 0.25) is 0 Å². The van der Waals surface area contributed by atoms with E-state index < -0.39 is 12.0 Å². The van der Waals surface area contributed by atoms with Gasteiger partial charge in [-0.1, -0.05) is 27.7 Å². The fraction of sp³-hybridized carbons (Fsp3) is 0.654. The molecule has 0 amide bonds. The minimum absolute atomic E-state index is 0.0327. The summed E-state index contributed by atoms with van der Waals surface area (Å²) in [6.07, 6.45) is 2.80. The first-order valence-electron chi connectivity index (χ1n) is 11.8. The SMILES string of the molecule is CC(=NCCCC[C@H](N=C(C)C1=C(O)CC(C)(C)CC1=O)C(=O)O)C1=C(O)CC(C)(C)CC1=O. The first kappa shape index (κ1) is 27.5. The third-order valence-electron chi connectivity index (χ3n) is 6.30. The Morgan fingerprint density at radius 2 is 1.32 bits per heavy atom. The van der Waals surface area contributed by atoms with Gasteiger partial charge in [0.05, 0.1) is 11.1 Å². The summed E-state index contributed by atoms with van der Waals surface area (Å²) in [5.74, 6) is -1.37. The summed E-state index contributed by atoms with van der Waals surface area (Å²) in [7, 11) is 0. The summed E-state index contributed by atoms with van der Waals surface area (Å²) in [6, 6.07) is -1.03. The molecule has 8 heteroatoms. The zero-order chi connectivity index (χ0) is 25.8. The van der Waals surface area contributed by atoms with Crippen molar-refractivity contribution in [2.24, 2.45) is 20.8 Å². The second kappa shape index (κ2) is 10.7. The topological polar surface area (TPSA) is 137 Å². The lowest BCUT2D eigenvalue weighted by molar-refractivity contribution is -0.138. The van der Waals surface area contributed by atoms with Crippen LogP contribution in [0.4, 0.5) is 0 Å². The molecule has 0 aliphatic heterocycles. The van der Waals surface area contributed by atoms with Crippen molar-refractivity contribution in [1.82, 2.24) is 0 Å². The van der Waals surface area contributed by atoms with Crippen molar-refractivity contribution in [3.63, 3.8) is 0 Å². The molecule has 1 atom stereocenters. The first-order valence-corrected chi connectivity index (χ1v) is 11.8. The van der Waals surface area contributed by atoms with E-state index in [0.29, 0.717) is 49.9 Å². The van der Waals surface area contributed by atoms with Gasteiger partial charge in [-0.3, -0.25) is 19.6 Å². The van der Waals surface area contributed by atoms with Crippen LogP contribution < -0.4 is 0 Å². The first-order chi connectivity index (χ1) is 15.6. The number of rotatable bonds is 9. The van der Waals surface area contributed by atoms with Crippen LogP contribution in [0, 0.1) is 10.8 Å². The van der Waals surface area contributed by atoms with Crippen molar-refractivity contribution in [3.8, 4) is 0 Å². The molecule has 0 heterocycles. The van der Waals surface area contributed by atoms with Gasteiger partial charge in [-0.2, -0.15) is 0 Å². The van der Waals surface area contributed by atoms with Gasteiger partial charge in [-0.15, -0.1) is 0 Å². The summed E-state index contributed by atoms with van der Waals surface area (Å²) in [6.45, 7) is 11.3. The maximum atomic E-state index is 12.5. The number of hydrogen-bond acceptors (Lipinski definition) is 7. The number of Topliss-reactive ketones (excluding diaryl/α,β-unsaturated/α-hetero) is 2. The van der Waals surface area contributed by atoms with E-state index in [1.165, 1.54) is 0 Å². The number of hydrogen-bond donors (Lipinski definition) is 3.